The lowest BCUT2D eigenvalue weighted by Gasteiger charge is -2.15. The van der Waals surface area contributed by atoms with Crippen LogP contribution in [0, 0.1) is 13.8 Å². The lowest BCUT2D eigenvalue weighted by molar-refractivity contribution is 0.0951. The van der Waals surface area contributed by atoms with Gasteiger partial charge in [0.2, 0.25) is 0 Å². The number of carbonyl (C=O) groups excluding carboxylic acids is 1. The van der Waals surface area contributed by atoms with Gasteiger partial charge in [0.05, 0.1) is 5.69 Å². The maximum Gasteiger partial charge on any atom is 0.261 e. The van der Waals surface area contributed by atoms with Gasteiger partial charge in [0.1, 0.15) is 11.3 Å². The summed E-state index contributed by atoms with van der Waals surface area (Å²) in [6.07, 6.45) is 5.59. The van der Waals surface area contributed by atoms with Crippen molar-refractivity contribution >= 4 is 5.91 Å². The van der Waals surface area contributed by atoms with E-state index in [1.54, 1.807) is 6.07 Å². The molecule has 0 bridgehead atoms. The first-order valence-corrected chi connectivity index (χ1v) is 8.51. The molecule has 6 heteroatoms. The number of hydrogen-bond donors (Lipinski definition) is 2. The molecule has 0 fully saturated rings. The normalized spacial score (nSPS) is 13.6. The second kappa shape index (κ2) is 7.03. The van der Waals surface area contributed by atoms with Crippen LogP contribution in [0.5, 0.6) is 0 Å². The maximum absolute atomic E-state index is 12.3. The highest BCUT2D eigenvalue weighted by atomic mass is 16.5. The molecule has 1 amide bonds. The van der Waals surface area contributed by atoms with Crippen LogP contribution >= 0.6 is 0 Å². The average Bonchev–Trinajstić information content (AvgIpc) is 2.89. The van der Waals surface area contributed by atoms with E-state index in [1.807, 2.05) is 13.8 Å². The van der Waals surface area contributed by atoms with Crippen LogP contribution in [-0.2, 0) is 19.3 Å². The predicted octanol–water partition coefficient (Wildman–Crippen LogP) is 2.22. The van der Waals surface area contributed by atoms with Gasteiger partial charge in [-0.05, 0) is 64.0 Å². The van der Waals surface area contributed by atoms with Gasteiger partial charge in [-0.1, -0.05) is 5.16 Å². The molecular formula is C18H23N3O3. The Bertz CT molecular complexity index is 785. The molecule has 0 saturated heterocycles. The van der Waals surface area contributed by atoms with E-state index in [4.69, 9.17) is 4.52 Å². The highest BCUT2D eigenvalue weighted by Gasteiger charge is 2.17. The van der Waals surface area contributed by atoms with Gasteiger partial charge in [0.15, 0.2) is 0 Å². The molecule has 0 atom stereocenters. The summed E-state index contributed by atoms with van der Waals surface area (Å²) >= 11 is 0. The van der Waals surface area contributed by atoms with Crippen molar-refractivity contribution in [2.24, 2.45) is 0 Å². The van der Waals surface area contributed by atoms with Gasteiger partial charge in [-0.25, -0.2) is 0 Å². The van der Waals surface area contributed by atoms with Gasteiger partial charge in [-0.3, -0.25) is 9.59 Å². The monoisotopic (exact) mass is 329 g/mol. The van der Waals surface area contributed by atoms with E-state index < -0.39 is 0 Å². The van der Waals surface area contributed by atoms with Gasteiger partial charge in [0, 0.05) is 17.8 Å². The second-order valence-electron chi connectivity index (χ2n) is 6.39. The summed E-state index contributed by atoms with van der Waals surface area (Å²) in [4.78, 5) is 27.3. The number of fused-ring (bicyclic) bond motifs is 1. The van der Waals surface area contributed by atoms with Crippen molar-refractivity contribution in [1.29, 1.82) is 0 Å². The molecule has 0 spiro atoms. The number of nitrogens with one attached hydrogen (secondary N) is 2. The fourth-order valence-corrected chi connectivity index (χ4v) is 3.26. The highest BCUT2D eigenvalue weighted by molar-refractivity contribution is 5.94. The summed E-state index contributed by atoms with van der Waals surface area (Å²) in [6.45, 7) is 4.32. The molecule has 3 rings (SSSR count). The molecule has 1 aliphatic carbocycles. The molecule has 1 aliphatic rings. The Balaban J connectivity index is 1.58. The standard InChI is InChI=1S/C18H23N3O3/c1-11-14(12(2)24-21-11)7-5-9-19-17(22)15-10-13-6-3-4-8-16(13)20-18(15)23/h10H,3-9H2,1-2H3,(H,19,22)(H,20,23). The number of aromatic nitrogens is 2. The molecule has 6 nitrogen and oxygen atoms in total. The van der Waals surface area contributed by atoms with E-state index in [2.05, 4.69) is 15.5 Å². The minimum absolute atomic E-state index is 0.216. The third-order valence-electron chi connectivity index (χ3n) is 4.65. The number of amides is 1. The zero-order chi connectivity index (χ0) is 17.1. The summed E-state index contributed by atoms with van der Waals surface area (Å²) in [5, 5.41) is 6.76. The van der Waals surface area contributed by atoms with Crippen molar-refractivity contribution in [3.63, 3.8) is 0 Å². The van der Waals surface area contributed by atoms with Gasteiger partial charge in [-0.15, -0.1) is 0 Å². The van der Waals surface area contributed by atoms with Crippen molar-refractivity contribution in [3.05, 3.63) is 50.3 Å². The first-order chi connectivity index (χ1) is 11.6. The van der Waals surface area contributed by atoms with Crippen LogP contribution in [0.4, 0.5) is 0 Å². The molecule has 0 saturated carbocycles. The fraction of sp³-hybridized carbons (Fsp3) is 0.500. The van der Waals surface area contributed by atoms with E-state index in [1.165, 1.54) is 0 Å². The quantitative estimate of drug-likeness (QED) is 0.823. The summed E-state index contributed by atoms with van der Waals surface area (Å²) in [5.41, 5.74) is 4.00. The predicted molar refractivity (Wildman–Crippen MR) is 90.3 cm³/mol. The van der Waals surface area contributed by atoms with Crippen LogP contribution in [0.2, 0.25) is 0 Å². The van der Waals surface area contributed by atoms with Crippen molar-refractivity contribution < 1.29 is 9.32 Å². The van der Waals surface area contributed by atoms with Gasteiger partial charge in [-0.2, -0.15) is 0 Å². The number of nitrogens with zero attached hydrogens (tertiary/aromatic N) is 1. The van der Waals surface area contributed by atoms with Crippen molar-refractivity contribution in [1.82, 2.24) is 15.5 Å². The Morgan fingerprint density at radius 1 is 1.33 bits per heavy atom. The van der Waals surface area contributed by atoms with E-state index in [9.17, 15) is 9.59 Å². The highest BCUT2D eigenvalue weighted by Crippen LogP contribution is 2.18. The molecule has 2 aromatic rings. The van der Waals surface area contributed by atoms with Crippen molar-refractivity contribution in [2.45, 2.75) is 52.4 Å². The lowest BCUT2D eigenvalue weighted by Crippen LogP contribution is -2.31. The number of pyridine rings is 1. The number of carbonyl (C=O) groups is 1. The second-order valence-corrected chi connectivity index (χ2v) is 6.39. The molecule has 0 aliphatic heterocycles. The zero-order valence-electron chi connectivity index (χ0n) is 14.2. The number of rotatable bonds is 5. The number of H-pyrrole nitrogens is 1. The molecule has 2 heterocycles. The number of aromatic amines is 1. The molecular weight excluding hydrogens is 306 g/mol. The van der Waals surface area contributed by atoms with Crippen LogP contribution in [0.15, 0.2) is 15.4 Å². The van der Waals surface area contributed by atoms with Crippen LogP contribution in [0.3, 0.4) is 0 Å². The Morgan fingerprint density at radius 3 is 2.88 bits per heavy atom. The Kier molecular flexibility index (Phi) is 4.83. The minimum Gasteiger partial charge on any atom is -0.361 e. The smallest absolute Gasteiger partial charge is 0.261 e. The minimum atomic E-state index is -0.302. The van der Waals surface area contributed by atoms with Crippen molar-refractivity contribution in [2.75, 3.05) is 6.54 Å². The topological polar surface area (TPSA) is 88.0 Å². The zero-order valence-corrected chi connectivity index (χ0v) is 14.2. The van der Waals surface area contributed by atoms with Gasteiger partial charge < -0.3 is 14.8 Å². The van der Waals surface area contributed by atoms with Crippen LogP contribution < -0.4 is 10.9 Å². The SMILES string of the molecule is Cc1noc(C)c1CCCNC(=O)c1cc2c([nH]c1=O)CCCC2. The summed E-state index contributed by atoms with van der Waals surface area (Å²) in [5.74, 6) is 0.522. The van der Waals surface area contributed by atoms with E-state index >= 15 is 0 Å². The first kappa shape index (κ1) is 16.5. The third kappa shape index (κ3) is 3.42. The molecule has 0 aromatic carbocycles. The molecule has 2 N–H and O–H groups in total. The largest absolute Gasteiger partial charge is 0.361 e. The molecule has 128 valence electrons. The van der Waals surface area contributed by atoms with Crippen LogP contribution in [0.1, 0.15) is 57.9 Å². The molecule has 0 radical (unpaired) electrons. The van der Waals surface area contributed by atoms with Crippen molar-refractivity contribution in [3.8, 4) is 0 Å². The van der Waals surface area contributed by atoms with Gasteiger partial charge >= 0.3 is 0 Å². The van der Waals surface area contributed by atoms with Crippen LogP contribution in [0.25, 0.3) is 0 Å². The van der Waals surface area contributed by atoms with E-state index in [-0.39, 0.29) is 17.0 Å². The average molecular weight is 329 g/mol. The Hall–Kier alpha value is -2.37. The molecule has 24 heavy (non-hydrogen) atoms. The Morgan fingerprint density at radius 2 is 2.12 bits per heavy atom. The van der Waals surface area contributed by atoms with Crippen LogP contribution in [-0.4, -0.2) is 22.6 Å². The number of aryl methyl sites for hydroxylation is 4. The van der Waals surface area contributed by atoms with E-state index in [0.717, 1.165) is 66.8 Å². The first-order valence-electron chi connectivity index (χ1n) is 8.51. The maximum atomic E-state index is 12.3. The fourth-order valence-electron chi connectivity index (χ4n) is 3.26. The van der Waals surface area contributed by atoms with E-state index in [0.29, 0.717) is 6.54 Å². The molecule has 0 unspecified atom stereocenters. The third-order valence-corrected chi connectivity index (χ3v) is 4.65. The van der Waals surface area contributed by atoms with Gasteiger partial charge in [0.25, 0.3) is 11.5 Å². The lowest BCUT2D eigenvalue weighted by atomic mass is 9.95. The summed E-state index contributed by atoms with van der Waals surface area (Å²) in [7, 11) is 0. The summed E-state index contributed by atoms with van der Waals surface area (Å²) in [6, 6.07) is 1.76. The summed E-state index contributed by atoms with van der Waals surface area (Å²) < 4.78 is 5.13. The molecule has 2 aromatic heterocycles. The Labute approximate surface area is 140 Å². The number of hydrogen-bond acceptors (Lipinski definition) is 4.